The third kappa shape index (κ3) is 5.20. The Labute approximate surface area is 123 Å². The van der Waals surface area contributed by atoms with E-state index in [1.807, 2.05) is 30.1 Å². The normalized spacial score (nSPS) is 10.6. The van der Waals surface area contributed by atoms with Gasteiger partial charge in [0.05, 0.1) is 12.2 Å². The van der Waals surface area contributed by atoms with Crippen LogP contribution in [0.3, 0.4) is 0 Å². The predicted molar refractivity (Wildman–Crippen MR) is 83.2 cm³/mol. The van der Waals surface area contributed by atoms with Crippen LogP contribution in [0.25, 0.3) is 0 Å². The first-order valence-corrected chi connectivity index (χ1v) is 7.19. The molecular formula is C14H22BrN3O. The Balaban J connectivity index is 2.62. The molecule has 0 heterocycles. The van der Waals surface area contributed by atoms with E-state index >= 15 is 0 Å². The van der Waals surface area contributed by atoms with Crippen molar-refractivity contribution < 1.29 is 4.79 Å². The van der Waals surface area contributed by atoms with E-state index < -0.39 is 0 Å². The number of halogens is 1. The number of nitrogens with two attached hydrogens (primary N) is 1. The second-order valence-corrected chi connectivity index (χ2v) is 5.90. The van der Waals surface area contributed by atoms with E-state index in [0.717, 1.165) is 15.7 Å². The summed E-state index contributed by atoms with van der Waals surface area (Å²) in [5.41, 5.74) is 7.64. The summed E-state index contributed by atoms with van der Waals surface area (Å²) >= 11 is 3.51. The fourth-order valence-electron chi connectivity index (χ4n) is 1.66. The lowest BCUT2D eigenvalue weighted by molar-refractivity contribution is -0.119. The molecule has 0 bridgehead atoms. The van der Waals surface area contributed by atoms with Gasteiger partial charge in [-0.15, -0.1) is 0 Å². The predicted octanol–water partition coefficient (Wildman–Crippen LogP) is 2.12. The second kappa shape index (κ2) is 7.50. The zero-order chi connectivity index (χ0) is 14.4. The van der Waals surface area contributed by atoms with Gasteiger partial charge in [-0.2, -0.15) is 0 Å². The SMILES string of the molecule is CC(C)CNC(=O)CN(C)c1ccc(CN)cc1Br. The number of amides is 1. The van der Waals surface area contributed by atoms with E-state index in [4.69, 9.17) is 5.73 Å². The largest absolute Gasteiger partial charge is 0.364 e. The number of carbonyl (C=O) groups excluding carboxylic acids is 1. The molecule has 0 aliphatic heterocycles. The molecule has 0 radical (unpaired) electrons. The third-order valence-electron chi connectivity index (χ3n) is 2.75. The molecule has 0 saturated heterocycles. The van der Waals surface area contributed by atoms with Gasteiger partial charge in [0, 0.05) is 24.6 Å². The van der Waals surface area contributed by atoms with Crippen molar-refractivity contribution in [2.24, 2.45) is 11.7 Å². The summed E-state index contributed by atoms with van der Waals surface area (Å²) in [7, 11) is 1.90. The van der Waals surface area contributed by atoms with Crippen molar-refractivity contribution >= 4 is 27.5 Å². The Morgan fingerprint density at radius 2 is 2.16 bits per heavy atom. The van der Waals surface area contributed by atoms with Gasteiger partial charge < -0.3 is 16.0 Å². The van der Waals surface area contributed by atoms with Crippen LogP contribution in [-0.2, 0) is 11.3 Å². The van der Waals surface area contributed by atoms with Crippen molar-refractivity contribution in [1.82, 2.24) is 5.32 Å². The molecule has 106 valence electrons. The lowest BCUT2D eigenvalue weighted by atomic mass is 10.2. The summed E-state index contributed by atoms with van der Waals surface area (Å²) < 4.78 is 0.953. The zero-order valence-electron chi connectivity index (χ0n) is 11.7. The molecule has 1 aromatic carbocycles. The van der Waals surface area contributed by atoms with E-state index in [0.29, 0.717) is 25.6 Å². The van der Waals surface area contributed by atoms with Gasteiger partial charge in [0.25, 0.3) is 0 Å². The molecule has 5 heteroatoms. The van der Waals surface area contributed by atoms with Gasteiger partial charge in [-0.1, -0.05) is 19.9 Å². The molecule has 3 N–H and O–H groups in total. The standard InChI is InChI=1S/C14H22BrN3O/c1-10(2)8-17-14(19)9-18(3)13-5-4-11(7-16)6-12(13)15/h4-6,10H,7-9,16H2,1-3H3,(H,17,19). The summed E-state index contributed by atoms with van der Waals surface area (Å²) in [6.45, 7) is 5.71. The van der Waals surface area contributed by atoms with E-state index in [1.54, 1.807) is 0 Å². The van der Waals surface area contributed by atoms with Gasteiger partial charge >= 0.3 is 0 Å². The molecule has 4 nitrogen and oxygen atoms in total. The Kier molecular flexibility index (Phi) is 6.31. The summed E-state index contributed by atoms with van der Waals surface area (Å²) in [5, 5.41) is 2.91. The van der Waals surface area contributed by atoms with Crippen LogP contribution in [0.5, 0.6) is 0 Å². The lowest BCUT2D eigenvalue weighted by Crippen LogP contribution is -2.37. The number of benzene rings is 1. The fourth-order valence-corrected chi connectivity index (χ4v) is 2.39. The molecular weight excluding hydrogens is 306 g/mol. The maximum Gasteiger partial charge on any atom is 0.239 e. The van der Waals surface area contributed by atoms with Crippen LogP contribution in [0.2, 0.25) is 0 Å². The number of hydrogen-bond acceptors (Lipinski definition) is 3. The van der Waals surface area contributed by atoms with Crippen molar-refractivity contribution in [2.45, 2.75) is 20.4 Å². The molecule has 0 aromatic heterocycles. The van der Waals surface area contributed by atoms with E-state index in [2.05, 4.69) is 35.1 Å². The minimum Gasteiger partial charge on any atom is -0.364 e. The smallest absolute Gasteiger partial charge is 0.239 e. The minimum atomic E-state index is 0.0333. The van der Waals surface area contributed by atoms with Crippen LogP contribution >= 0.6 is 15.9 Å². The van der Waals surface area contributed by atoms with Gasteiger partial charge in [0.1, 0.15) is 0 Å². The molecule has 1 amide bonds. The van der Waals surface area contributed by atoms with Gasteiger partial charge in [0.2, 0.25) is 5.91 Å². The Morgan fingerprint density at radius 1 is 1.47 bits per heavy atom. The minimum absolute atomic E-state index is 0.0333. The van der Waals surface area contributed by atoms with Crippen LogP contribution in [0.4, 0.5) is 5.69 Å². The van der Waals surface area contributed by atoms with Gasteiger partial charge in [-0.25, -0.2) is 0 Å². The summed E-state index contributed by atoms with van der Waals surface area (Å²) in [6.07, 6.45) is 0. The highest BCUT2D eigenvalue weighted by atomic mass is 79.9. The quantitative estimate of drug-likeness (QED) is 0.841. The first kappa shape index (κ1) is 16.0. The summed E-state index contributed by atoms with van der Waals surface area (Å²) in [6, 6.07) is 5.93. The average Bonchev–Trinajstić information content (AvgIpc) is 2.35. The maximum atomic E-state index is 11.8. The monoisotopic (exact) mass is 327 g/mol. The van der Waals surface area contributed by atoms with Crippen molar-refractivity contribution in [3.8, 4) is 0 Å². The highest BCUT2D eigenvalue weighted by Gasteiger charge is 2.10. The average molecular weight is 328 g/mol. The molecule has 0 aliphatic rings. The molecule has 1 rings (SSSR count). The zero-order valence-corrected chi connectivity index (χ0v) is 13.3. The van der Waals surface area contributed by atoms with E-state index in [1.165, 1.54) is 0 Å². The highest BCUT2D eigenvalue weighted by molar-refractivity contribution is 9.10. The van der Waals surface area contributed by atoms with Crippen molar-refractivity contribution in [2.75, 3.05) is 25.0 Å². The summed E-state index contributed by atoms with van der Waals surface area (Å²) in [5.74, 6) is 0.496. The Bertz CT molecular complexity index is 435. The van der Waals surface area contributed by atoms with Crippen molar-refractivity contribution in [1.29, 1.82) is 0 Å². The van der Waals surface area contributed by atoms with E-state index in [-0.39, 0.29) is 5.91 Å². The van der Waals surface area contributed by atoms with Crippen LogP contribution in [-0.4, -0.2) is 26.0 Å². The molecule has 19 heavy (non-hydrogen) atoms. The van der Waals surface area contributed by atoms with Gasteiger partial charge in [0.15, 0.2) is 0 Å². The number of anilines is 1. The topological polar surface area (TPSA) is 58.4 Å². The van der Waals surface area contributed by atoms with Crippen LogP contribution in [0, 0.1) is 5.92 Å². The van der Waals surface area contributed by atoms with Gasteiger partial charge in [-0.05, 0) is 39.5 Å². The first-order chi connectivity index (χ1) is 8.93. The Hall–Kier alpha value is -1.07. The van der Waals surface area contributed by atoms with Crippen LogP contribution in [0.1, 0.15) is 19.4 Å². The highest BCUT2D eigenvalue weighted by Crippen LogP contribution is 2.26. The summed E-state index contributed by atoms with van der Waals surface area (Å²) in [4.78, 5) is 13.7. The Morgan fingerprint density at radius 3 is 2.68 bits per heavy atom. The van der Waals surface area contributed by atoms with E-state index in [9.17, 15) is 4.79 Å². The molecule has 0 atom stereocenters. The molecule has 0 spiro atoms. The maximum absolute atomic E-state index is 11.8. The number of hydrogen-bond donors (Lipinski definition) is 2. The third-order valence-corrected chi connectivity index (χ3v) is 3.38. The molecule has 0 unspecified atom stereocenters. The number of carbonyl (C=O) groups is 1. The molecule has 0 fully saturated rings. The molecule has 0 aliphatic carbocycles. The number of rotatable bonds is 6. The van der Waals surface area contributed by atoms with Crippen LogP contribution in [0.15, 0.2) is 22.7 Å². The van der Waals surface area contributed by atoms with Gasteiger partial charge in [-0.3, -0.25) is 4.79 Å². The number of likely N-dealkylation sites (N-methyl/N-ethyl adjacent to an activating group) is 1. The first-order valence-electron chi connectivity index (χ1n) is 6.40. The fraction of sp³-hybridized carbons (Fsp3) is 0.500. The lowest BCUT2D eigenvalue weighted by Gasteiger charge is -2.21. The number of nitrogens with zero attached hydrogens (tertiary/aromatic N) is 1. The molecule has 1 aromatic rings. The molecule has 0 saturated carbocycles. The van der Waals surface area contributed by atoms with Crippen LogP contribution < -0.4 is 16.0 Å². The van der Waals surface area contributed by atoms with Crippen molar-refractivity contribution in [3.63, 3.8) is 0 Å². The number of nitrogens with one attached hydrogen (secondary N) is 1. The van der Waals surface area contributed by atoms with Crippen molar-refractivity contribution in [3.05, 3.63) is 28.2 Å². The second-order valence-electron chi connectivity index (χ2n) is 5.04.